The number of likely N-dealkylation sites (N-methyl/N-ethyl adjacent to an activating group) is 1. The first-order valence-electron chi connectivity index (χ1n) is 6.84. The van der Waals surface area contributed by atoms with Gasteiger partial charge in [-0.1, -0.05) is 24.3 Å². The van der Waals surface area contributed by atoms with Gasteiger partial charge in [-0.2, -0.15) is 13.2 Å². The second kappa shape index (κ2) is 5.64. The summed E-state index contributed by atoms with van der Waals surface area (Å²) >= 11 is 0.994. The zero-order chi connectivity index (χ0) is 15.9. The first kappa shape index (κ1) is 15.5. The summed E-state index contributed by atoms with van der Waals surface area (Å²) in [5.41, 5.74) is 1.13. The minimum atomic E-state index is -4.41. The Hall–Kier alpha value is -1.44. The van der Waals surface area contributed by atoms with Gasteiger partial charge in [-0.15, -0.1) is 11.3 Å². The van der Waals surface area contributed by atoms with Gasteiger partial charge in [0.2, 0.25) is 0 Å². The molecule has 0 saturated heterocycles. The van der Waals surface area contributed by atoms with Crippen LogP contribution < -0.4 is 0 Å². The number of alkyl halides is 3. The first-order chi connectivity index (χ1) is 10.4. The third-order valence-electron chi connectivity index (χ3n) is 3.96. The molecule has 3 rings (SSSR count). The smallest absolute Gasteiger partial charge is 0.387 e. The predicted molar refractivity (Wildman–Crippen MR) is 77.5 cm³/mol. The van der Waals surface area contributed by atoms with Gasteiger partial charge in [0.25, 0.3) is 0 Å². The summed E-state index contributed by atoms with van der Waals surface area (Å²) in [6, 6.07) is 7.51. The number of benzene rings is 1. The molecule has 0 saturated carbocycles. The summed E-state index contributed by atoms with van der Waals surface area (Å²) in [5.74, 6) is 0. The molecule has 0 bridgehead atoms. The average Bonchev–Trinajstić information content (AvgIpc) is 3.04. The fourth-order valence-corrected chi connectivity index (χ4v) is 3.66. The number of fused-ring (bicyclic) bond motifs is 1. The van der Waals surface area contributed by atoms with Gasteiger partial charge in [0.1, 0.15) is 5.01 Å². The number of hydrogen-bond donors (Lipinski definition) is 1. The maximum Gasteiger partial charge on any atom is 0.434 e. The van der Waals surface area contributed by atoms with Crippen molar-refractivity contribution in [3.63, 3.8) is 0 Å². The van der Waals surface area contributed by atoms with E-state index in [-0.39, 0.29) is 12.6 Å². The van der Waals surface area contributed by atoms with Crippen LogP contribution in [0.3, 0.4) is 0 Å². The molecule has 0 amide bonds. The molecule has 118 valence electrons. The van der Waals surface area contributed by atoms with Gasteiger partial charge in [-0.25, -0.2) is 4.98 Å². The number of aliphatic hydroxyl groups is 1. The summed E-state index contributed by atoms with van der Waals surface area (Å²) in [5, 5.41) is 11.8. The number of halogens is 3. The minimum Gasteiger partial charge on any atom is -0.387 e. The number of hydrogen-bond acceptors (Lipinski definition) is 4. The largest absolute Gasteiger partial charge is 0.434 e. The van der Waals surface area contributed by atoms with E-state index < -0.39 is 18.0 Å². The van der Waals surface area contributed by atoms with Crippen LogP contribution in [0.15, 0.2) is 29.6 Å². The molecule has 0 fully saturated rings. The van der Waals surface area contributed by atoms with E-state index in [2.05, 4.69) is 4.98 Å². The van der Waals surface area contributed by atoms with Crippen molar-refractivity contribution >= 4 is 11.3 Å². The molecule has 2 aromatic rings. The van der Waals surface area contributed by atoms with E-state index in [9.17, 15) is 18.3 Å². The Morgan fingerprint density at radius 1 is 1.36 bits per heavy atom. The van der Waals surface area contributed by atoms with Gasteiger partial charge in [-0.3, -0.25) is 4.90 Å². The van der Waals surface area contributed by atoms with E-state index >= 15 is 0 Å². The standard InChI is InChI=1S/C15H15F3N2OS/c1-20(7-13-19-12(8-22-13)15(16,17)18)11-6-9-4-2-3-5-10(9)14(11)21/h2-5,8,11,14,21H,6-7H2,1H3. The van der Waals surface area contributed by atoms with E-state index in [1.165, 1.54) is 0 Å². The molecule has 1 aliphatic carbocycles. The van der Waals surface area contributed by atoms with Crippen molar-refractivity contribution in [2.45, 2.75) is 31.3 Å². The van der Waals surface area contributed by atoms with Gasteiger partial charge < -0.3 is 5.11 Å². The van der Waals surface area contributed by atoms with Crippen molar-refractivity contribution in [1.29, 1.82) is 0 Å². The van der Waals surface area contributed by atoms with Crippen LogP contribution in [0.2, 0.25) is 0 Å². The molecule has 2 unspecified atom stereocenters. The quantitative estimate of drug-likeness (QED) is 0.940. The van der Waals surface area contributed by atoms with Crippen LogP contribution in [0, 0.1) is 0 Å². The third kappa shape index (κ3) is 2.88. The van der Waals surface area contributed by atoms with E-state index in [1.807, 2.05) is 29.2 Å². The number of aromatic nitrogens is 1. The summed E-state index contributed by atoms with van der Waals surface area (Å²) in [6.07, 6.45) is -4.34. The maximum absolute atomic E-state index is 12.6. The lowest BCUT2D eigenvalue weighted by atomic mass is 10.1. The van der Waals surface area contributed by atoms with Crippen molar-refractivity contribution in [2.75, 3.05) is 7.05 Å². The molecule has 0 radical (unpaired) electrons. The summed E-state index contributed by atoms with van der Waals surface area (Å²) in [7, 11) is 1.80. The van der Waals surface area contributed by atoms with Crippen LogP contribution in [0.1, 0.15) is 27.9 Å². The molecule has 22 heavy (non-hydrogen) atoms. The molecule has 2 atom stereocenters. The summed E-state index contributed by atoms with van der Waals surface area (Å²) in [4.78, 5) is 5.50. The lowest BCUT2D eigenvalue weighted by Gasteiger charge is -2.26. The summed E-state index contributed by atoms with van der Waals surface area (Å²) in [6.45, 7) is 0.288. The Balaban J connectivity index is 1.71. The molecule has 1 aliphatic rings. The zero-order valence-corrected chi connectivity index (χ0v) is 12.7. The Morgan fingerprint density at radius 2 is 2.09 bits per heavy atom. The van der Waals surface area contributed by atoms with Crippen LogP contribution >= 0.6 is 11.3 Å². The van der Waals surface area contributed by atoms with Crippen LogP contribution in [0.4, 0.5) is 13.2 Å². The highest BCUT2D eigenvalue weighted by atomic mass is 32.1. The van der Waals surface area contributed by atoms with Gasteiger partial charge in [0.05, 0.1) is 12.6 Å². The second-order valence-corrected chi connectivity index (χ2v) is 6.40. The first-order valence-corrected chi connectivity index (χ1v) is 7.72. The van der Waals surface area contributed by atoms with Crippen molar-refractivity contribution in [2.24, 2.45) is 0 Å². The van der Waals surface area contributed by atoms with Crippen molar-refractivity contribution < 1.29 is 18.3 Å². The number of nitrogens with zero attached hydrogens (tertiary/aromatic N) is 2. The lowest BCUT2D eigenvalue weighted by Crippen LogP contribution is -2.34. The summed E-state index contributed by atoms with van der Waals surface area (Å²) < 4.78 is 37.7. The Kier molecular flexibility index (Phi) is 3.96. The Labute approximate surface area is 130 Å². The molecule has 0 spiro atoms. The molecule has 1 aromatic carbocycles. The van der Waals surface area contributed by atoms with Crippen molar-refractivity contribution in [3.05, 3.63) is 51.5 Å². The number of aliphatic hydroxyl groups excluding tert-OH is 1. The monoisotopic (exact) mass is 328 g/mol. The zero-order valence-electron chi connectivity index (χ0n) is 11.8. The van der Waals surface area contributed by atoms with Crippen LogP contribution in [0.25, 0.3) is 0 Å². The molecular formula is C15H15F3N2OS. The number of thiazole rings is 1. The molecule has 7 heteroatoms. The fraction of sp³-hybridized carbons (Fsp3) is 0.400. The topological polar surface area (TPSA) is 36.4 Å². The Morgan fingerprint density at radius 3 is 2.73 bits per heavy atom. The van der Waals surface area contributed by atoms with E-state index in [0.717, 1.165) is 27.8 Å². The highest BCUT2D eigenvalue weighted by Gasteiger charge is 2.35. The van der Waals surface area contributed by atoms with Crippen LogP contribution in [-0.4, -0.2) is 28.1 Å². The van der Waals surface area contributed by atoms with Crippen molar-refractivity contribution in [3.8, 4) is 0 Å². The third-order valence-corrected chi connectivity index (χ3v) is 4.79. The maximum atomic E-state index is 12.6. The predicted octanol–water partition coefficient (Wildman–Crippen LogP) is 3.25. The lowest BCUT2D eigenvalue weighted by molar-refractivity contribution is -0.140. The van der Waals surface area contributed by atoms with Crippen LogP contribution in [-0.2, 0) is 19.1 Å². The highest BCUT2D eigenvalue weighted by Crippen LogP contribution is 2.35. The fourth-order valence-electron chi connectivity index (χ4n) is 2.79. The molecule has 3 nitrogen and oxygen atoms in total. The number of rotatable bonds is 3. The van der Waals surface area contributed by atoms with Gasteiger partial charge in [0.15, 0.2) is 5.69 Å². The second-order valence-electron chi connectivity index (χ2n) is 5.45. The van der Waals surface area contributed by atoms with Gasteiger partial charge in [0, 0.05) is 11.4 Å². The molecular weight excluding hydrogens is 313 g/mol. The van der Waals surface area contributed by atoms with Crippen molar-refractivity contribution in [1.82, 2.24) is 9.88 Å². The van der Waals surface area contributed by atoms with Gasteiger partial charge in [-0.05, 0) is 24.6 Å². The molecule has 1 heterocycles. The minimum absolute atomic E-state index is 0.143. The normalized spacial score (nSPS) is 21.4. The van der Waals surface area contributed by atoms with E-state index in [0.29, 0.717) is 11.4 Å². The van der Waals surface area contributed by atoms with E-state index in [4.69, 9.17) is 0 Å². The molecule has 0 aliphatic heterocycles. The molecule has 1 N–H and O–H groups in total. The average molecular weight is 328 g/mol. The highest BCUT2D eigenvalue weighted by molar-refractivity contribution is 7.09. The van der Waals surface area contributed by atoms with Crippen LogP contribution in [0.5, 0.6) is 0 Å². The van der Waals surface area contributed by atoms with E-state index in [1.54, 1.807) is 7.05 Å². The van der Waals surface area contributed by atoms with Gasteiger partial charge >= 0.3 is 6.18 Å². The SMILES string of the molecule is CN(Cc1nc(C(F)(F)F)cs1)C1Cc2ccccc2C1O. The Bertz CT molecular complexity index is 671. The molecule has 1 aromatic heterocycles.